The molecule has 0 saturated carbocycles. The quantitative estimate of drug-likeness (QED) is 0.788. The summed E-state index contributed by atoms with van der Waals surface area (Å²) >= 11 is 0. The monoisotopic (exact) mass is 317 g/mol. The van der Waals surface area contributed by atoms with E-state index in [2.05, 4.69) is 11.9 Å². The van der Waals surface area contributed by atoms with Gasteiger partial charge in [-0.25, -0.2) is 4.98 Å². The Kier molecular flexibility index (Phi) is 5.87. The van der Waals surface area contributed by atoms with Crippen LogP contribution < -0.4 is 5.56 Å². The van der Waals surface area contributed by atoms with Gasteiger partial charge in [0.2, 0.25) is 0 Å². The molecular formula is C17H23N3O3. The number of amides is 1. The van der Waals surface area contributed by atoms with Crippen molar-refractivity contribution in [3.05, 3.63) is 46.0 Å². The Labute approximate surface area is 135 Å². The van der Waals surface area contributed by atoms with E-state index in [1.807, 2.05) is 13.0 Å². The van der Waals surface area contributed by atoms with Gasteiger partial charge in [0.1, 0.15) is 11.2 Å². The number of unbranched alkanes of at least 4 members (excludes halogenated alkanes) is 2. The number of carbonyl (C=O) groups is 1. The highest BCUT2D eigenvalue weighted by Gasteiger charge is 2.19. The third kappa shape index (κ3) is 3.96. The first-order chi connectivity index (χ1) is 11.1. The van der Waals surface area contributed by atoms with Crippen molar-refractivity contribution in [1.82, 2.24) is 14.3 Å². The Balaban J connectivity index is 2.34. The lowest BCUT2D eigenvalue weighted by atomic mass is 10.2. The standard InChI is InChI=1S/C17H23N3O3/c1-3-4-5-8-19(9-10-21)16(22)14-11-18-15-7-6-13(2)12-20(15)17(14)23/h6-7,11-12,21H,3-5,8-10H2,1-2H3. The first kappa shape index (κ1) is 17.1. The molecule has 0 unspecified atom stereocenters. The average molecular weight is 317 g/mol. The smallest absolute Gasteiger partial charge is 0.270 e. The van der Waals surface area contributed by atoms with Gasteiger partial charge in [0.25, 0.3) is 11.5 Å². The van der Waals surface area contributed by atoms with Crippen molar-refractivity contribution < 1.29 is 9.90 Å². The lowest BCUT2D eigenvalue weighted by Gasteiger charge is -2.21. The van der Waals surface area contributed by atoms with Crippen LogP contribution in [0.15, 0.2) is 29.3 Å². The summed E-state index contributed by atoms with van der Waals surface area (Å²) in [6, 6.07) is 3.61. The summed E-state index contributed by atoms with van der Waals surface area (Å²) in [5.74, 6) is -0.372. The first-order valence-electron chi connectivity index (χ1n) is 7.96. The fourth-order valence-electron chi connectivity index (χ4n) is 2.49. The van der Waals surface area contributed by atoms with Crippen molar-refractivity contribution in [3.8, 4) is 0 Å². The van der Waals surface area contributed by atoms with Crippen molar-refractivity contribution in [2.24, 2.45) is 0 Å². The molecule has 0 atom stereocenters. The number of pyridine rings is 1. The number of carbonyl (C=O) groups excluding carboxylic acids is 1. The Hall–Kier alpha value is -2.21. The summed E-state index contributed by atoms with van der Waals surface area (Å²) in [5.41, 5.74) is 1.10. The molecule has 0 spiro atoms. The molecule has 2 aromatic heterocycles. The fraction of sp³-hybridized carbons (Fsp3) is 0.471. The molecule has 0 fully saturated rings. The van der Waals surface area contributed by atoms with Crippen molar-refractivity contribution in [2.75, 3.05) is 19.7 Å². The number of aryl methyl sites for hydroxylation is 1. The van der Waals surface area contributed by atoms with Crippen LogP contribution >= 0.6 is 0 Å². The van der Waals surface area contributed by atoms with E-state index in [-0.39, 0.29) is 30.2 Å². The van der Waals surface area contributed by atoms with Gasteiger partial charge < -0.3 is 10.0 Å². The number of hydrogen-bond acceptors (Lipinski definition) is 4. The van der Waals surface area contributed by atoms with Gasteiger partial charge in [0, 0.05) is 25.5 Å². The molecule has 2 aromatic rings. The lowest BCUT2D eigenvalue weighted by Crippen LogP contribution is -2.38. The van der Waals surface area contributed by atoms with Gasteiger partial charge in [0.05, 0.1) is 6.61 Å². The molecule has 0 bridgehead atoms. The number of rotatable bonds is 7. The maximum atomic E-state index is 12.6. The molecule has 1 amide bonds. The van der Waals surface area contributed by atoms with Crippen molar-refractivity contribution in [1.29, 1.82) is 0 Å². The summed E-state index contributed by atoms with van der Waals surface area (Å²) in [7, 11) is 0. The predicted molar refractivity (Wildman–Crippen MR) is 88.7 cm³/mol. The second-order valence-electron chi connectivity index (χ2n) is 5.63. The van der Waals surface area contributed by atoms with Gasteiger partial charge in [-0.2, -0.15) is 0 Å². The van der Waals surface area contributed by atoms with E-state index in [9.17, 15) is 14.7 Å². The topological polar surface area (TPSA) is 74.9 Å². The van der Waals surface area contributed by atoms with Gasteiger partial charge >= 0.3 is 0 Å². The number of nitrogens with zero attached hydrogens (tertiary/aromatic N) is 3. The average Bonchev–Trinajstić information content (AvgIpc) is 2.54. The molecule has 2 rings (SSSR count). The Morgan fingerprint density at radius 1 is 1.30 bits per heavy atom. The Morgan fingerprint density at radius 3 is 2.78 bits per heavy atom. The van der Waals surface area contributed by atoms with Crippen LogP contribution in [-0.4, -0.2) is 45.0 Å². The van der Waals surface area contributed by atoms with Crippen LogP contribution in [0.2, 0.25) is 0 Å². The van der Waals surface area contributed by atoms with Crippen molar-refractivity contribution in [3.63, 3.8) is 0 Å². The Bertz CT molecular complexity index is 739. The van der Waals surface area contributed by atoms with Gasteiger partial charge in [0.15, 0.2) is 0 Å². The molecule has 23 heavy (non-hydrogen) atoms. The third-order valence-electron chi connectivity index (χ3n) is 3.77. The minimum absolute atomic E-state index is 0.0399. The third-order valence-corrected chi connectivity index (χ3v) is 3.77. The molecule has 0 aromatic carbocycles. The van der Waals surface area contributed by atoms with Gasteiger partial charge in [-0.1, -0.05) is 25.8 Å². The number of aliphatic hydroxyl groups is 1. The SMILES string of the molecule is CCCCCN(CCO)C(=O)c1cnc2ccc(C)cn2c1=O. The van der Waals surface area contributed by atoms with E-state index in [1.165, 1.54) is 15.5 Å². The van der Waals surface area contributed by atoms with E-state index in [0.717, 1.165) is 24.8 Å². The number of hydrogen-bond donors (Lipinski definition) is 1. The maximum Gasteiger partial charge on any atom is 0.270 e. The molecule has 6 nitrogen and oxygen atoms in total. The maximum absolute atomic E-state index is 12.6. The van der Waals surface area contributed by atoms with Gasteiger partial charge in [-0.15, -0.1) is 0 Å². The molecule has 0 aliphatic rings. The summed E-state index contributed by atoms with van der Waals surface area (Å²) in [4.78, 5) is 30.9. The summed E-state index contributed by atoms with van der Waals surface area (Å²) in [6.07, 6.45) is 5.90. The van der Waals surface area contributed by atoms with Crippen LogP contribution in [0, 0.1) is 6.92 Å². The normalized spacial score (nSPS) is 10.9. The highest BCUT2D eigenvalue weighted by molar-refractivity contribution is 5.93. The molecule has 2 heterocycles. The summed E-state index contributed by atoms with van der Waals surface area (Å²) < 4.78 is 1.39. The molecule has 6 heteroatoms. The largest absolute Gasteiger partial charge is 0.395 e. The minimum atomic E-state index is -0.373. The second-order valence-corrected chi connectivity index (χ2v) is 5.63. The zero-order valence-corrected chi connectivity index (χ0v) is 13.7. The van der Waals surface area contributed by atoms with Crippen molar-refractivity contribution >= 4 is 11.6 Å². The first-order valence-corrected chi connectivity index (χ1v) is 7.96. The van der Waals surface area contributed by atoms with E-state index < -0.39 is 0 Å². The van der Waals surface area contributed by atoms with E-state index in [0.29, 0.717) is 12.2 Å². The zero-order valence-electron chi connectivity index (χ0n) is 13.7. The highest BCUT2D eigenvalue weighted by Crippen LogP contribution is 2.06. The lowest BCUT2D eigenvalue weighted by molar-refractivity contribution is 0.0716. The predicted octanol–water partition coefficient (Wildman–Crippen LogP) is 1.63. The molecule has 0 radical (unpaired) electrons. The van der Waals surface area contributed by atoms with Gasteiger partial charge in [-0.05, 0) is 25.0 Å². The van der Waals surface area contributed by atoms with Crippen molar-refractivity contribution in [2.45, 2.75) is 33.1 Å². The summed E-state index contributed by atoms with van der Waals surface area (Å²) in [5, 5.41) is 9.17. The number of fused-ring (bicyclic) bond motifs is 1. The van der Waals surface area contributed by atoms with Gasteiger partial charge in [-0.3, -0.25) is 14.0 Å². The minimum Gasteiger partial charge on any atom is -0.395 e. The second kappa shape index (κ2) is 7.87. The molecule has 124 valence electrons. The van der Waals surface area contributed by atoms with Crippen LogP contribution in [0.4, 0.5) is 0 Å². The molecule has 0 aliphatic heterocycles. The van der Waals surface area contributed by atoms with E-state index in [1.54, 1.807) is 12.3 Å². The highest BCUT2D eigenvalue weighted by atomic mass is 16.3. The number of aromatic nitrogens is 2. The zero-order chi connectivity index (χ0) is 16.8. The molecule has 0 saturated heterocycles. The van der Waals surface area contributed by atoms with E-state index in [4.69, 9.17) is 0 Å². The van der Waals surface area contributed by atoms with Crippen LogP contribution in [0.3, 0.4) is 0 Å². The fourth-order valence-corrected chi connectivity index (χ4v) is 2.49. The van der Waals surface area contributed by atoms with Crippen LogP contribution in [-0.2, 0) is 0 Å². The molecule has 0 aliphatic carbocycles. The Morgan fingerprint density at radius 2 is 2.09 bits per heavy atom. The molecule has 1 N–H and O–H groups in total. The number of aliphatic hydroxyl groups excluding tert-OH is 1. The van der Waals surface area contributed by atoms with E-state index >= 15 is 0 Å². The molecular weight excluding hydrogens is 294 g/mol. The van der Waals surface area contributed by atoms with Crippen LogP contribution in [0.1, 0.15) is 42.1 Å². The summed E-state index contributed by atoms with van der Waals surface area (Å²) in [6.45, 7) is 4.59. The van der Waals surface area contributed by atoms with Crippen LogP contribution in [0.5, 0.6) is 0 Å². The van der Waals surface area contributed by atoms with Crippen LogP contribution in [0.25, 0.3) is 5.65 Å².